The lowest BCUT2D eigenvalue weighted by Crippen LogP contribution is -2.39. The molecule has 1 rings (SSSR count). The molecule has 110 valence electrons. The van der Waals surface area contributed by atoms with E-state index in [2.05, 4.69) is 5.32 Å². The fourth-order valence-corrected chi connectivity index (χ4v) is 1.88. The van der Waals surface area contributed by atoms with Gasteiger partial charge in [-0.05, 0) is 43.7 Å². The van der Waals surface area contributed by atoms with Crippen LogP contribution in [0, 0.1) is 12.7 Å². The second kappa shape index (κ2) is 7.75. The summed E-state index contributed by atoms with van der Waals surface area (Å²) in [6.45, 7) is 4.17. The molecule has 2 N–H and O–H groups in total. The van der Waals surface area contributed by atoms with Gasteiger partial charge in [0.15, 0.2) is 5.78 Å². The predicted molar refractivity (Wildman–Crippen MR) is 74.4 cm³/mol. The van der Waals surface area contributed by atoms with Crippen LogP contribution in [0.3, 0.4) is 0 Å². The summed E-state index contributed by atoms with van der Waals surface area (Å²) in [7, 11) is 0. The second-order valence-electron chi connectivity index (χ2n) is 4.79. The van der Waals surface area contributed by atoms with Gasteiger partial charge in [-0.15, -0.1) is 0 Å². The molecule has 0 bridgehead atoms. The third-order valence-corrected chi connectivity index (χ3v) is 3.06. The minimum absolute atomic E-state index is 0.279. The zero-order valence-corrected chi connectivity index (χ0v) is 11.8. The number of aliphatic carboxylic acids is 1. The van der Waals surface area contributed by atoms with Crippen molar-refractivity contribution in [1.29, 1.82) is 0 Å². The number of hydrogen-bond donors (Lipinski definition) is 2. The largest absolute Gasteiger partial charge is 0.481 e. The average molecular weight is 281 g/mol. The van der Waals surface area contributed by atoms with Gasteiger partial charge in [0.05, 0.1) is 12.5 Å². The molecule has 0 amide bonds. The Hall–Kier alpha value is -1.75. The smallest absolute Gasteiger partial charge is 0.305 e. The predicted octanol–water partition coefficient (Wildman–Crippen LogP) is 2.55. The van der Waals surface area contributed by atoms with Gasteiger partial charge in [-0.25, -0.2) is 4.39 Å². The summed E-state index contributed by atoms with van der Waals surface area (Å²) in [5.74, 6) is -1.73. The summed E-state index contributed by atoms with van der Waals surface area (Å²) in [5, 5.41) is 11.8. The number of carboxylic acids is 1. The van der Waals surface area contributed by atoms with Crippen LogP contribution in [0.25, 0.3) is 0 Å². The molecule has 1 atom stereocenters. The molecule has 0 heterocycles. The van der Waals surface area contributed by atoms with Crippen LogP contribution in [0.15, 0.2) is 18.2 Å². The van der Waals surface area contributed by atoms with Gasteiger partial charge < -0.3 is 10.4 Å². The number of carbonyl (C=O) groups is 2. The molecule has 0 aliphatic carbocycles. The number of benzene rings is 1. The van der Waals surface area contributed by atoms with E-state index in [1.54, 1.807) is 6.92 Å². The van der Waals surface area contributed by atoms with Crippen LogP contribution in [-0.4, -0.2) is 29.4 Å². The van der Waals surface area contributed by atoms with Gasteiger partial charge in [-0.2, -0.15) is 0 Å². The second-order valence-corrected chi connectivity index (χ2v) is 4.79. The first-order chi connectivity index (χ1) is 9.45. The summed E-state index contributed by atoms with van der Waals surface area (Å²) < 4.78 is 13.2. The number of carboxylic acid groups (broad SMARTS) is 1. The third kappa shape index (κ3) is 4.74. The number of rotatable bonds is 8. The lowest BCUT2D eigenvalue weighted by molar-refractivity contribution is -0.137. The molecule has 20 heavy (non-hydrogen) atoms. The maximum Gasteiger partial charge on any atom is 0.305 e. The molecular weight excluding hydrogens is 261 g/mol. The molecular formula is C15H20FNO3. The highest BCUT2D eigenvalue weighted by molar-refractivity contribution is 6.01. The zero-order chi connectivity index (χ0) is 15.1. The molecule has 5 heteroatoms. The van der Waals surface area contributed by atoms with E-state index >= 15 is 0 Å². The van der Waals surface area contributed by atoms with Crippen LogP contribution in [0.4, 0.5) is 4.39 Å². The first kappa shape index (κ1) is 16.3. The lowest BCUT2D eigenvalue weighted by atomic mass is 9.99. The Bertz CT molecular complexity index is 488. The van der Waals surface area contributed by atoms with Crippen LogP contribution in [0.1, 0.15) is 42.1 Å². The van der Waals surface area contributed by atoms with Crippen LogP contribution >= 0.6 is 0 Å². The van der Waals surface area contributed by atoms with Gasteiger partial charge >= 0.3 is 5.97 Å². The van der Waals surface area contributed by atoms with Gasteiger partial charge in [0.25, 0.3) is 0 Å². The molecule has 4 nitrogen and oxygen atoms in total. The summed E-state index contributed by atoms with van der Waals surface area (Å²) in [6.07, 6.45) is 1.54. The number of carbonyl (C=O) groups excluding carboxylic acids is 1. The van der Waals surface area contributed by atoms with E-state index in [1.165, 1.54) is 18.2 Å². The van der Waals surface area contributed by atoms with E-state index in [-0.39, 0.29) is 18.0 Å². The van der Waals surface area contributed by atoms with E-state index in [4.69, 9.17) is 5.11 Å². The van der Waals surface area contributed by atoms with Crippen molar-refractivity contribution in [3.63, 3.8) is 0 Å². The fraction of sp³-hybridized carbons (Fsp3) is 0.467. The number of nitrogens with one attached hydrogen (secondary N) is 1. The molecule has 1 aromatic rings. The normalized spacial score (nSPS) is 12.2. The van der Waals surface area contributed by atoms with Crippen molar-refractivity contribution in [2.75, 3.05) is 6.54 Å². The number of unbranched alkanes of at least 4 members (excludes halogenated alkanes) is 1. The van der Waals surface area contributed by atoms with Crippen molar-refractivity contribution < 1.29 is 19.1 Å². The van der Waals surface area contributed by atoms with Gasteiger partial charge in [0.2, 0.25) is 0 Å². The maximum absolute atomic E-state index is 13.2. The van der Waals surface area contributed by atoms with E-state index in [9.17, 15) is 14.0 Å². The van der Waals surface area contributed by atoms with E-state index in [1.807, 2.05) is 6.92 Å². The van der Waals surface area contributed by atoms with Gasteiger partial charge in [0.1, 0.15) is 5.82 Å². The molecule has 0 aliphatic heterocycles. The van der Waals surface area contributed by atoms with Gasteiger partial charge in [0, 0.05) is 5.56 Å². The molecule has 1 aromatic carbocycles. The highest BCUT2D eigenvalue weighted by Gasteiger charge is 2.22. The molecule has 0 aliphatic rings. The molecule has 0 saturated heterocycles. The van der Waals surface area contributed by atoms with E-state index < -0.39 is 12.0 Å². The average Bonchev–Trinajstić information content (AvgIpc) is 2.40. The highest BCUT2D eigenvalue weighted by atomic mass is 19.1. The Morgan fingerprint density at radius 3 is 2.65 bits per heavy atom. The first-order valence-corrected chi connectivity index (χ1v) is 6.71. The summed E-state index contributed by atoms with van der Waals surface area (Å²) in [5.41, 5.74) is 0.706. The monoisotopic (exact) mass is 281 g/mol. The van der Waals surface area contributed by atoms with Crippen molar-refractivity contribution in [1.82, 2.24) is 5.32 Å². The first-order valence-electron chi connectivity index (χ1n) is 6.71. The molecule has 1 unspecified atom stereocenters. The van der Waals surface area contributed by atoms with Crippen LogP contribution in [-0.2, 0) is 4.79 Å². The number of ketones is 1. The Morgan fingerprint density at radius 1 is 1.40 bits per heavy atom. The summed E-state index contributed by atoms with van der Waals surface area (Å²) in [4.78, 5) is 23.1. The van der Waals surface area contributed by atoms with Crippen molar-refractivity contribution in [3.05, 3.63) is 35.1 Å². The minimum atomic E-state index is -1.04. The van der Waals surface area contributed by atoms with Crippen LogP contribution < -0.4 is 5.32 Å². The lowest BCUT2D eigenvalue weighted by Gasteiger charge is -2.16. The van der Waals surface area contributed by atoms with E-state index in [0.29, 0.717) is 17.7 Å². The van der Waals surface area contributed by atoms with Crippen molar-refractivity contribution in [2.24, 2.45) is 0 Å². The molecule has 0 fully saturated rings. The fourth-order valence-electron chi connectivity index (χ4n) is 1.88. The number of hydrogen-bond acceptors (Lipinski definition) is 3. The summed E-state index contributed by atoms with van der Waals surface area (Å²) >= 11 is 0. The van der Waals surface area contributed by atoms with Gasteiger partial charge in [-0.1, -0.05) is 13.3 Å². The van der Waals surface area contributed by atoms with Gasteiger partial charge in [-0.3, -0.25) is 9.59 Å². The minimum Gasteiger partial charge on any atom is -0.481 e. The van der Waals surface area contributed by atoms with Crippen molar-refractivity contribution >= 4 is 11.8 Å². The Labute approximate surface area is 118 Å². The maximum atomic E-state index is 13.2. The molecule has 0 radical (unpaired) electrons. The topological polar surface area (TPSA) is 66.4 Å². The third-order valence-electron chi connectivity index (χ3n) is 3.06. The Morgan fingerprint density at radius 2 is 2.10 bits per heavy atom. The highest BCUT2D eigenvalue weighted by Crippen LogP contribution is 2.12. The number of aryl methyl sites for hydroxylation is 1. The molecule has 0 spiro atoms. The number of halogens is 1. The summed E-state index contributed by atoms with van der Waals surface area (Å²) in [6, 6.07) is 3.30. The standard InChI is InChI=1S/C15H20FNO3/c1-3-4-7-17-13(9-14(18)19)15(20)11-5-6-12(16)10(2)8-11/h5-6,8,13,17H,3-4,7,9H2,1-2H3,(H,18,19). The van der Waals surface area contributed by atoms with E-state index in [0.717, 1.165) is 12.8 Å². The van der Waals surface area contributed by atoms with Crippen molar-refractivity contribution in [3.8, 4) is 0 Å². The van der Waals surface area contributed by atoms with Crippen LogP contribution in [0.2, 0.25) is 0 Å². The van der Waals surface area contributed by atoms with Crippen molar-refractivity contribution in [2.45, 2.75) is 39.2 Å². The number of Topliss-reactive ketones (excluding diaryl/α,β-unsaturated/α-hetero) is 1. The molecule has 0 aromatic heterocycles. The SMILES string of the molecule is CCCCNC(CC(=O)O)C(=O)c1ccc(F)c(C)c1. The Balaban J connectivity index is 2.84. The quantitative estimate of drug-likeness (QED) is 0.567. The Kier molecular flexibility index (Phi) is 6.31. The molecule has 0 saturated carbocycles. The zero-order valence-electron chi connectivity index (χ0n) is 11.8. The van der Waals surface area contributed by atoms with Crippen LogP contribution in [0.5, 0.6) is 0 Å².